The number of benzene rings is 1. The summed E-state index contributed by atoms with van der Waals surface area (Å²) in [6.07, 6.45) is 5.62. The van der Waals surface area contributed by atoms with Crippen LogP contribution >= 0.6 is 0 Å². The Kier molecular flexibility index (Phi) is 3.05. The first-order valence-electron chi connectivity index (χ1n) is 10.7. The average molecular weight is 381 g/mol. The van der Waals surface area contributed by atoms with Crippen LogP contribution in [0.1, 0.15) is 53.6 Å². The second-order valence-electron chi connectivity index (χ2n) is 10.2. The quantitative estimate of drug-likeness (QED) is 0.622. The summed E-state index contributed by atoms with van der Waals surface area (Å²) in [5.74, 6) is 0.966. The molecule has 1 aromatic rings. The number of aliphatic hydroxyl groups is 1. The minimum atomic E-state index is -0.824. The molecule has 3 N–H and O–H groups in total. The standard InChI is InChI=1S/C23H28N2O3/c1-13-7-8-23(27)17-11-15-5-6-16(21(24)26)19-18(15)22(23,20(13)28-19)9-10-25(17,2)12-14-3-4-14/h5-6,14,17,20,27H,1,3-4,7-12H2,2H3,(H-,24,26)/p+1. The van der Waals surface area contributed by atoms with E-state index >= 15 is 0 Å². The molecule has 6 rings (SSSR count). The van der Waals surface area contributed by atoms with Gasteiger partial charge in [-0.25, -0.2) is 0 Å². The molecule has 2 aliphatic heterocycles. The number of ether oxygens (including phenoxy) is 1. The fourth-order valence-corrected chi connectivity index (χ4v) is 7.28. The normalized spacial score (nSPS) is 42.7. The number of likely N-dealkylation sites (N-methyl/N-ethyl adjacent to an activating group) is 1. The van der Waals surface area contributed by atoms with E-state index in [1.165, 1.54) is 18.4 Å². The van der Waals surface area contributed by atoms with Gasteiger partial charge in [-0.15, -0.1) is 0 Å². The summed E-state index contributed by atoms with van der Waals surface area (Å²) in [4.78, 5) is 12.1. The molecule has 5 atom stereocenters. The van der Waals surface area contributed by atoms with E-state index in [4.69, 9.17) is 10.5 Å². The molecule has 3 fully saturated rings. The molecule has 3 aliphatic carbocycles. The van der Waals surface area contributed by atoms with Gasteiger partial charge in [0.15, 0.2) is 0 Å². The number of nitrogens with zero attached hydrogens (tertiary/aromatic N) is 1. The number of carbonyl (C=O) groups is 1. The van der Waals surface area contributed by atoms with Gasteiger partial charge in [0.05, 0.1) is 31.1 Å². The van der Waals surface area contributed by atoms with Crippen LogP contribution in [-0.2, 0) is 11.8 Å². The van der Waals surface area contributed by atoms with Gasteiger partial charge in [-0.05, 0) is 42.9 Å². The first-order chi connectivity index (χ1) is 13.3. The highest BCUT2D eigenvalue weighted by Gasteiger charge is 2.75. The summed E-state index contributed by atoms with van der Waals surface area (Å²) in [6, 6.07) is 4.04. The summed E-state index contributed by atoms with van der Waals surface area (Å²) >= 11 is 0. The van der Waals surface area contributed by atoms with Crippen molar-refractivity contribution in [2.75, 3.05) is 20.1 Å². The van der Waals surface area contributed by atoms with Crippen molar-refractivity contribution in [1.82, 2.24) is 0 Å². The van der Waals surface area contributed by atoms with Crippen LogP contribution in [0.25, 0.3) is 0 Å². The lowest BCUT2D eigenvalue weighted by Crippen LogP contribution is -2.80. The third-order valence-corrected chi connectivity index (χ3v) is 8.72. The van der Waals surface area contributed by atoms with Gasteiger partial charge in [0.1, 0.15) is 23.5 Å². The second kappa shape index (κ2) is 5.00. The molecule has 0 aromatic heterocycles. The lowest BCUT2D eigenvalue weighted by molar-refractivity contribution is -0.950. The maximum absolute atomic E-state index is 12.4. The minimum absolute atomic E-state index is 0.166. The second-order valence-corrected chi connectivity index (χ2v) is 10.2. The zero-order valence-corrected chi connectivity index (χ0v) is 16.5. The largest absolute Gasteiger partial charge is 0.484 e. The maximum atomic E-state index is 12.4. The van der Waals surface area contributed by atoms with Gasteiger partial charge in [0, 0.05) is 24.3 Å². The predicted octanol–water partition coefficient (Wildman–Crippen LogP) is 2.05. The third-order valence-electron chi connectivity index (χ3n) is 8.72. The summed E-state index contributed by atoms with van der Waals surface area (Å²) in [6.45, 7) is 6.51. The van der Waals surface area contributed by atoms with E-state index in [1.807, 2.05) is 6.07 Å². The molecule has 1 saturated heterocycles. The molecule has 148 valence electrons. The molecule has 1 aromatic carbocycles. The molecule has 1 amide bonds. The van der Waals surface area contributed by atoms with Gasteiger partial charge >= 0.3 is 0 Å². The van der Waals surface area contributed by atoms with E-state index < -0.39 is 16.9 Å². The number of nitrogens with two attached hydrogens (primary N) is 1. The van der Waals surface area contributed by atoms with Crippen LogP contribution in [-0.4, -0.2) is 53.4 Å². The highest BCUT2D eigenvalue weighted by molar-refractivity contribution is 5.97. The van der Waals surface area contributed by atoms with E-state index in [9.17, 15) is 9.90 Å². The van der Waals surface area contributed by atoms with Crippen LogP contribution in [0.15, 0.2) is 24.3 Å². The number of piperidine rings is 1. The molecule has 5 heteroatoms. The predicted molar refractivity (Wildman–Crippen MR) is 105 cm³/mol. The van der Waals surface area contributed by atoms with E-state index in [-0.39, 0.29) is 12.1 Å². The van der Waals surface area contributed by atoms with Crippen LogP contribution in [0.5, 0.6) is 5.75 Å². The number of hydrogen-bond donors (Lipinski definition) is 2. The molecule has 1 spiro atoms. The van der Waals surface area contributed by atoms with Crippen molar-refractivity contribution in [2.45, 2.75) is 61.7 Å². The SMILES string of the molecule is C=C1CCC2(O)C3Cc4ccc(C(N)=O)c5c4C2(CC[N+]3(C)CC2CC2)C1O5. The third kappa shape index (κ3) is 1.79. The van der Waals surface area contributed by atoms with Gasteiger partial charge < -0.3 is 20.1 Å². The number of rotatable bonds is 3. The Hall–Kier alpha value is -1.85. The Morgan fingerprint density at radius 1 is 1.39 bits per heavy atom. The number of likely N-dealkylation sites (tertiary alicyclic amines) is 1. The lowest BCUT2D eigenvalue weighted by atomic mass is 9.48. The minimum Gasteiger partial charge on any atom is -0.484 e. The molecule has 5 nitrogen and oxygen atoms in total. The molecule has 5 unspecified atom stereocenters. The van der Waals surface area contributed by atoms with Crippen LogP contribution < -0.4 is 10.5 Å². The van der Waals surface area contributed by atoms with Crippen molar-refractivity contribution >= 4 is 5.91 Å². The Labute approximate surface area is 165 Å². The summed E-state index contributed by atoms with van der Waals surface area (Å²) in [5, 5.41) is 12.4. The van der Waals surface area contributed by atoms with Gasteiger partial charge in [0.25, 0.3) is 5.91 Å². The van der Waals surface area contributed by atoms with E-state index in [1.54, 1.807) is 0 Å². The Morgan fingerprint density at radius 3 is 2.89 bits per heavy atom. The van der Waals surface area contributed by atoms with Gasteiger partial charge in [-0.3, -0.25) is 4.79 Å². The van der Waals surface area contributed by atoms with E-state index in [0.29, 0.717) is 11.3 Å². The van der Waals surface area contributed by atoms with E-state index in [2.05, 4.69) is 19.7 Å². The molecule has 2 bridgehead atoms. The number of primary amides is 1. The summed E-state index contributed by atoms with van der Waals surface area (Å²) in [5.41, 5.74) is 8.14. The number of quaternary nitrogens is 1. The molecule has 0 radical (unpaired) electrons. The summed E-state index contributed by atoms with van der Waals surface area (Å²) < 4.78 is 7.40. The van der Waals surface area contributed by atoms with Crippen molar-refractivity contribution in [2.24, 2.45) is 11.7 Å². The van der Waals surface area contributed by atoms with Crippen LogP contribution in [0, 0.1) is 5.92 Å². The Balaban J connectivity index is 1.60. The van der Waals surface area contributed by atoms with Crippen molar-refractivity contribution in [3.63, 3.8) is 0 Å². The smallest absolute Gasteiger partial charge is 0.252 e. The molecule has 5 aliphatic rings. The molecule has 2 heterocycles. The van der Waals surface area contributed by atoms with Crippen molar-refractivity contribution < 1.29 is 19.1 Å². The highest BCUT2D eigenvalue weighted by Crippen LogP contribution is 2.66. The average Bonchev–Trinajstić information content (AvgIpc) is 3.37. The van der Waals surface area contributed by atoms with Gasteiger partial charge in [0.2, 0.25) is 0 Å². The number of amides is 1. The first kappa shape index (κ1) is 17.0. The monoisotopic (exact) mass is 381 g/mol. The molecule has 28 heavy (non-hydrogen) atoms. The summed E-state index contributed by atoms with van der Waals surface area (Å²) in [7, 11) is 2.35. The fraction of sp³-hybridized carbons (Fsp3) is 0.609. The zero-order valence-electron chi connectivity index (χ0n) is 16.5. The van der Waals surface area contributed by atoms with Crippen LogP contribution in [0.3, 0.4) is 0 Å². The van der Waals surface area contributed by atoms with Crippen LogP contribution in [0.4, 0.5) is 0 Å². The van der Waals surface area contributed by atoms with E-state index in [0.717, 1.165) is 60.3 Å². The zero-order chi connectivity index (χ0) is 19.5. The fourth-order valence-electron chi connectivity index (χ4n) is 7.28. The Bertz CT molecular complexity index is 938. The number of hydrogen-bond acceptors (Lipinski definition) is 3. The topological polar surface area (TPSA) is 72.5 Å². The molecule has 2 saturated carbocycles. The highest BCUT2D eigenvalue weighted by atomic mass is 16.5. The number of carbonyl (C=O) groups excluding carboxylic acids is 1. The van der Waals surface area contributed by atoms with Crippen molar-refractivity contribution in [1.29, 1.82) is 0 Å². The molecular formula is C23H29N2O3+. The van der Waals surface area contributed by atoms with Crippen molar-refractivity contribution in [3.8, 4) is 5.75 Å². The van der Waals surface area contributed by atoms with Crippen LogP contribution in [0.2, 0.25) is 0 Å². The Morgan fingerprint density at radius 2 is 2.18 bits per heavy atom. The van der Waals surface area contributed by atoms with Crippen molar-refractivity contribution in [3.05, 3.63) is 41.0 Å². The maximum Gasteiger partial charge on any atom is 0.252 e. The molecular weight excluding hydrogens is 352 g/mol. The van der Waals surface area contributed by atoms with Gasteiger partial charge in [-0.1, -0.05) is 12.6 Å². The van der Waals surface area contributed by atoms with Gasteiger partial charge in [-0.2, -0.15) is 0 Å². The lowest BCUT2D eigenvalue weighted by Gasteiger charge is -2.65. The first-order valence-corrected chi connectivity index (χ1v) is 10.7.